The van der Waals surface area contributed by atoms with Gasteiger partial charge in [-0.25, -0.2) is 4.98 Å². The summed E-state index contributed by atoms with van der Waals surface area (Å²) < 4.78 is 14.9. The molecular weight excluding hydrogens is 443 g/mol. The van der Waals surface area contributed by atoms with Gasteiger partial charge in [0.25, 0.3) is 0 Å². The van der Waals surface area contributed by atoms with Crippen LogP contribution in [-0.4, -0.2) is 27.9 Å². The fourth-order valence-corrected chi connectivity index (χ4v) is 4.86. The number of nitrogens with zero attached hydrogens (tertiary/aromatic N) is 2. The lowest BCUT2D eigenvalue weighted by molar-refractivity contribution is 0.00578. The fraction of sp³-hybridized carbons (Fsp3) is 0.452. The Morgan fingerprint density at radius 1 is 0.694 bits per heavy atom. The molecular formula is C31H39BN2O2. The average molecular weight is 482 g/mol. The first-order chi connectivity index (χ1) is 16.6. The van der Waals surface area contributed by atoms with Gasteiger partial charge in [-0.2, -0.15) is 0 Å². The van der Waals surface area contributed by atoms with Gasteiger partial charge in [0.2, 0.25) is 0 Å². The second-order valence-corrected chi connectivity index (χ2v) is 13.3. The Labute approximate surface area is 216 Å². The van der Waals surface area contributed by atoms with Gasteiger partial charge in [0.1, 0.15) is 5.82 Å². The predicted octanol–water partition coefficient (Wildman–Crippen LogP) is 7.07. The van der Waals surface area contributed by atoms with Crippen molar-refractivity contribution >= 4 is 34.5 Å². The molecule has 0 amide bonds. The smallest absolute Gasteiger partial charge is 0.398 e. The Morgan fingerprint density at radius 2 is 1.17 bits per heavy atom. The van der Waals surface area contributed by atoms with Crippen molar-refractivity contribution in [1.29, 1.82) is 0 Å². The van der Waals surface area contributed by atoms with E-state index in [0.717, 1.165) is 22.4 Å². The zero-order valence-corrected chi connectivity index (χ0v) is 23.5. The number of fused-ring (bicyclic) bond motifs is 3. The summed E-state index contributed by atoms with van der Waals surface area (Å²) in [5.74, 6) is 0.870. The van der Waals surface area contributed by atoms with Crippen LogP contribution in [0.25, 0.3) is 27.6 Å². The molecule has 0 aliphatic carbocycles. The minimum Gasteiger partial charge on any atom is -0.398 e. The summed E-state index contributed by atoms with van der Waals surface area (Å²) in [4.78, 5) is 5.08. The van der Waals surface area contributed by atoms with Crippen molar-refractivity contribution in [3.8, 4) is 5.82 Å². The number of aromatic nitrogens is 2. The van der Waals surface area contributed by atoms with E-state index < -0.39 is 18.3 Å². The lowest BCUT2D eigenvalue weighted by Gasteiger charge is -2.32. The summed E-state index contributed by atoms with van der Waals surface area (Å²) in [6.07, 6.45) is 0. The highest BCUT2D eigenvalue weighted by Crippen LogP contribution is 2.38. The summed E-state index contributed by atoms with van der Waals surface area (Å²) >= 11 is 0. The Balaban J connectivity index is 1.73. The maximum Gasteiger partial charge on any atom is 0.514 e. The molecule has 1 fully saturated rings. The second kappa shape index (κ2) is 7.93. The van der Waals surface area contributed by atoms with Gasteiger partial charge in [-0.1, -0.05) is 59.7 Å². The molecule has 2 aromatic heterocycles. The molecule has 3 heterocycles. The molecule has 5 rings (SSSR count). The van der Waals surface area contributed by atoms with Crippen LogP contribution >= 0.6 is 0 Å². The largest absolute Gasteiger partial charge is 0.514 e. The summed E-state index contributed by atoms with van der Waals surface area (Å²) in [7, 11) is -0.497. The highest BCUT2D eigenvalue weighted by molar-refractivity contribution is 6.61. The van der Waals surface area contributed by atoms with Crippen LogP contribution < -0.4 is 5.59 Å². The molecule has 1 aliphatic rings. The third-order valence-corrected chi connectivity index (χ3v) is 7.98. The van der Waals surface area contributed by atoms with Crippen molar-refractivity contribution in [2.75, 3.05) is 0 Å². The summed E-state index contributed by atoms with van der Waals surface area (Å²) in [6, 6.07) is 19.8. The fourth-order valence-electron chi connectivity index (χ4n) is 4.86. The third-order valence-electron chi connectivity index (χ3n) is 7.98. The monoisotopic (exact) mass is 482 g/mol. The van der Waals surface area contributed by atoms with Crippen molar-refractivity contribution in [1.82, 2.24) is 9.55 Å². The average Bonchev–Trinajstić information content (AvgIpc) is 3.21. The first kappa shape index (κ1) is 25.0. The third kappa shape index (κ3) is 4.07. The van der Waals surface area contributed by atoms with E-state index in [-0.39, 0.29) is 10.8 Å². The van der Waals surface area contributed by atoms with E-state index in [0.29, 0.717) is 0 Å². The molecule has 0 radical (unpaired) electrons. The van der Waals surface area contributed by atoms with Crippen molar-refractivity contribution in [3.63, 3.8) is 0 Å². The number of benzene rings is 2. The second-order valence-electron chi connectivity index (χ2n) is 13.3. The first-order valence-electron chi connectivity index (χ1n) is 13.0. The van der Waals surface area contributed by atoms with E-state index in [4.69, 9.17) is 14.3 Å². The molecule has 4 aromatic rings. The molecule has 0 N–H and O–H groups in total. The Kier molecular flexibility index (Phi) is 5.52. The number of pyridine rings is 1. The minimum absolute atomic E-state index is 0.0686. The van der Waals surface area contributed by atoms with Crippen molar-refractivity contribution in [2.45, 2.75) is 91.3 Å². The van der Waals surface area contributed by atoms with Gasteiger partial charge in [-0.05, 0) is 86.1 Å². The van der Waals surface area contributed by atoms with E-state index in [1.807, 2.05) is 12.1 Å². The van der Waals surface area contributed by atoms with Gasteiger partial charge in [-0.3, -0.25) is 4.57 Å². The van der Waals surface area contributed by atoms with Gasteiger partial charge in [0.15, 0.2) is 0 Å². The van der Waals surface area contributed by atoms with Gasteiger partial charge in [-0.15, -0.1) is 0 Å². The quantitative estimate of drug-likeness (QED) is 0.287. The van der Waals surface area contributed by atoms with E-state index >= 15 is 0 Å². The molecule has 1 saturated heterocycles. The number of rotatable bonds is 2. The highest BCUT2D eigenvalue weighted by atomic mass is 16.7. The van der Waals surface area contributed by atoms with Gasteiger partial charge < -0.3 is 9.31 Å². The summed E-state index contributed by atoms with van der Waals surface area (Å²) in [5, 5.41) is 2.51. The summed E-state index contributed by atoms with van der Waals surface area (Å²) in [5.41, 5.74) is 5.08. The van der Waals surface area contributed by atoms with E-state index in [2.05, 4.69) is 116 Å². The molecule has 0 atom stereocenters. The number of hydrogen-bond acceptors (Lipinski definition) is 3. The molecule has 188 valence electrons. The van der Waals surface area contributed by atoms with Crippen molar-refractivity contribution in [2.24, 2.45) is 0 Å². The van der Waals surface area contributed by atoms with Crippen LogP contribution in [-0.2, 0) is 20.1 Å². The first-order valence-corrected chi connectivity index (χ1v) is 13.0. The number of hydrogen-bond donors (Lipinski definition) is 0. The topological polar surface area (TPSA) is 36.3 Å². The van der Waals surface area contributed by atoms with Crippen LogP contribution in [0.2, 0.25) is 0 Å². The van der Waals surface area contributed by atoms with Gasteiger partial charge >= 0.3 is 7.12 Å². The highest BCUT2D eigenvalue weighted by Gasteiger charge is 2.52. The maximum atomic E-state index is 6.31. The van der Waals surface area contributed by atoms with Crippen LogP contribution in [0, 0.1) is 0 Å². The SMILES string of the molecule is CC(C)(C)c1ccc2c(c1)c1cc(C(C)(C)C)ccc1n2-c1cccc(B2OC(C)(C)C(C)(C)O2)n1. The zero-order valence-electron chi connectivity index (χ0n) is 23.5. The Morgan fingerprint density at radius 3 is 1.61 bits per heavy atom. The normalized spacial score (nSPS) is 17.9. The molecule has 0 unspecified atom stereocenters. The van der Waals surface area contributed by atoms with Crippen molar-refractivity contribution < 1.29 is 9.31 Å². The Hall–Kier alpha value is -2.63. The maximum absolute atomic E-state index is 6.31. The van der Waals surface area contributed by atoms with Crippen LogP contribution in [0.3, 0.4) is 0 Å². The molecule has 0 bridgehead atoms. The Bertz CT molecular complexity index is 1380. The molecule has 1 aliphatic heterocycles. The van der Waals surface area contributed by atoms with Crippen LogP contribution in [0.4, 0.5) is 0 Å². The van der Waals surface area contributed by atoms with E-state index in [1.54, 1.807) is 0 Å². The standard InChI is InChI=1S/C31H39BN2O2/c1-28(2,3)20-14-16-24-22(18-20)23-19-21(29(4,5)6)15-17-25(23)34(24)27-13-11-12-26(33-27)32-35-30(7,8)31(9,10)36-32/h11-19H,1-10H3. The van der Waals surface area contributed by atoms with E-state index in [1.165, 1.54) is 21.9 Å². The predicted molar refractivity (Wildman–Crippen MR) is 152 cm³/mol. The zero-order chi connectivity index (χ0) is 26.3. The molecule has 0 saturated carbocycles. The van der Waals surface area contributed by atoms with E-state index in [9.17, 15) is 0 Å². The van der Waals surface area contributed by atoms with Gasteiger partial charge in [0, 0.05) is 10.8 Å². The molecule has 2 aromatic carbocycles. The van der Waals surface area contributed by atoms with Crippen LogP contribution in [0.5, 0.6) is 0 Å². The summed E-state index contributed by atoms with van der Waals surface area (Å²) in [6.45, 7) is 21.9. The lowest BCUT2D eigenvalue weighted by atomic mass is 9.84. The van der Waals surface area contributed by atoms with Crippen molar-refractivity contribution in [3.05, 3.63) is 65.7 Å². The lowest BCUT2D eigenvalue weighted by Crippen LogP contribution is -2.41. The van der Waals surface area contributed by atoms with Crippen LogP contribution in [0.1, 0.15) is 80.4 Å². The minimum atomic E-state index is -0.497. The molecule has 36 heavy (non-hydrogen) atoms. The molecule has 0 spiro atoms. The molecule has 5 heteroatoms. The van der Waals surface area contributed by atoms with Crippen LogP contribution in [0.15, 0.2) is 54.6 Å². The molecule has 4 nitrogen and oxygen atoms in total. The van der Waals surface area contributed by atoms with Gasteiger partial charge in [0.05, 0.1) is 27.8 Å².